The average Bonchev–Trinajstić information content (AvgIpc) is 2.36. The van der Waals surface area contributed by atoms with Gasteiger partial charge in [0.2, 0.25) is 5.91 Å². The normalized spacial score (nSPS) is 18.7. The van der Waals surface area contributed by atoms with Crippen molar-refractivity contribution in [1.29, 1.82) is 0 Å². The van der Waals surface area contributed by atoms with Gasteiger partial charge >= 0.3 is 0 Å². The van der Waals surface area contributed by atoms with Gasteiger partial charge in [-0.2, -0.15) is 0 Å². The maximum absolute atomic E-state index is 12.0. The van der Waals surface area contributed by atoms with Crippen molar-refractivity contribution in [2.24, 2.45) is 11.7 Å². The number of nitrogens with two attached hydrogens (primary N) is 1. The van der Waals surface area contributed by atoms with Crippen molar-refractivity contribution in [2.45, 2.75) is 51.0 Å². The summed E-state index contributed by atoms with van der Waals surface area (Å²) in [5.41, 5.74) is 6.00. The van der Waals surface area contributed by atoms with E-state index in [9.17, 15) is 4.79 Å². The Hall–Kier alpha value is -0.830. The van der Waals surface area contributed by atoms with Crippen molar-refractivity contribution in [3.8, 4) is 0 Å². The van der Waals surface area contributed by atoms with Gasteiger partial charge in [0, 0.05) is 13.6 Å². The number of hydrogen-bond acceptors (Lipinski definition) is 2. The van der Waals surface area contributed by atoms with E-state index in [0.29, 0.717) is 5.92 Å². The van der Waals surface area contributed by atoms with Crippen molar-refractivity contribution in [1.82, 2.24) is 4.90 Å². The standard InChI is InChI=1S/C14H26N2O/c1-3-4-10-16(2)14(17)13(15)11-12-8-6-5-7-9-12/h3,12-13H,1,4-11,15H2,2H3. The molecule has 0 spiro atoms. The van der Waals surface area contributed by atoms with Crippen LogP contribution < -0.4 is 5.73 Å². The van der Waals surface area contributed by atoms with E-state index in [0.717, 1.165) is 19.4 Å². The van der Waals surface area contributed by atoms with Crippen LogP contribution in [0.3, 0.4) is 0 Å². The Morgan fingerprint density at radius 3 is 2.71 bits per heavy atom. The van der Waals surface area contributed by atoms with Crippen LogP contribution in [0, 0.1) is 5.92 Å². The molecule has 1 atom stereocenters. The zero-order valence-corrected chi connectivity index (χ0v) is 11.0. The average molecular weight is 238 g/mol. The monoisotopic (exact) mass is 238 g/mol. The zero-order valence-electron chi connectivity index (χ0n) is 11.0. The Balaban J connectivity index is 2.31. The molecule has 0 heterocycles. The van der Waals surface area contributed by atoms with Crippen molar-refractivity contribution in [3.63, 3.8) is 0 Å². The first kappa shape index (κ1) is 14.2. The summed E-state index contributed by atoms with van der Waals surface area (Å²) in [7, 11) is 1.83. The lowest BCUT2D eigenvalue weighted by Crippen LogP contribution is -2.43. The molecule has 0 aromatic rings. The van der Waals surface area contributed by atoms with E-state index in [1.807, 2.05) is 13.1 Å². The predicted octanol–water partition coefficient (Wildman–Crippen LogP) is 2.32. The number of rotatable bonds is 6. The van der Waals surface area contributed by atoms with Gasteiger partial charge in [-0.25, -0.2) is 0 Å². The highest BCUT2D eigenvalue weighted by molar-refractivity contribution is 5.81. The van der Waals surface area contributed by atoms with E-state index >= 15 is 0 Å². The largest absolute Gasteiger partial charge is 0.344 e. The third kappa shape index (κ3) is 4.90. The molecule has 1 rings (SSSR count). The Kier molecular flexibility index (Phi) is 6.27. The lowest BCUT2D eigenvalue weighted by Gasteiger charge is -2.26. The molecule has 1 amide bonds. The molecule has 0 radical (unpaired) electrons. The Bertz CT molecular complexity index is 247. The first-order valence-corrected chi connectivity index (χ1v) is 6.76. The SMILES string of the molecule is C=CCCN(C)C(=O)C(N)CC1CCCCC1. The second-order valence-corrected chi connectivity index (χ2v) is 5.18. The second-order valence-electron chi connectivity index (χ2n) is 5.18. The van der Waals surface area contributed by atoms with E-state index in [2.05, 4.69) is 6.58 Å². The van der Waals surface area contributed by atoms with Crippen LogP contribution in [0.4, 0.5) is 0 Å². The predicted molar refractivity (Wildman–Crippen MR) is 71.6 cm³/mol. The lowest BCUT2D eigenvalue weighted by atomic mass is 9.85. The quantitative estimate of drug-likeness (QED) is 0.722. The topological polar surface area (TPSA) is 46.3 Å². The van der Waals surface area contributed by atoms with Gasteiger partial charge in [0.15, 0.2) is 0 Å². The summed E-state index contributed by atoms with van der Waals surface area (Å²) in [6, 6.07) is -0.312. The van der Waals surface area contributed by atoms with E-state index in [4.69, 9.17) is 5.73 Å². The molecule has 0 saturated heterocycles. The highest BCUT2D eigenvalue weighted by Gasteiger charge is 2.23. The number of likely N-dealkylation sites (N-methyl/N-ethyl adjacent to an activating group) is 1. The molecule has 2 N–H and O–H groups in total. The van der Waals surface area contributed by atoms with E-state index in [1.165, 1.54) is 32.1 Å². The summed E-state index contributed by atoms with van der Waals surface area (Å²) < 4.78 is 0. The molecule has 98 valence electrons. The van der Waals surface area contributed by atoms with Crippen molar-refractivity contribution in [2.75, 3.05) is 13.6 Å². The van der Waals surface area contributed by atoms with Gasteiger partial charge in [0.1, 0.15) is 0 Å². The summed E-state index contributed by atoms with van der Waals surface area (Å²) in [6.45, 7) is 4.38. The van der Waals surface area contributed by atoms with Crippen LogP contribution in [0.15, 0.2) is 12.7 Å². The highest BCUT2D eigenvalue weighted by Crippen LogP contribution is 2.27. The van der Waals surface area contributed by atoms with E-state index < -0.39 is 0 Å². The molecule has 0 aromatic carbocycles. The Morgan fingerprint density at radius 2 is 2.12 bits per heavy atom. The van der Waals surface area contributed by atoms with Gasteiger partial charge in [-0.05, 0) is 18.8 Å². The van der Waals surface area contributed by atoms with Crippen molar-refractivity contribution in [3.05, 3.63) is 12.7 Å². The molecule has 0 bridgehead atoms. The van der Waals surface area contributed by atoms with E-state index in [1.54, 1.807) is 4.90 Å². The molecule has 1 aliphatic rings. The molecular weight excluding hydrogens is 212 g/mol. The minimum Gasteiger partial charge on any atom is -0.344 e. The Labute approximate surface area is 105 Å². The summed E-state index contributed by atoms with van der Waals surface area (Å²) in [4.78, 5) is 13.7. The van der Waals surface area contributed by atoms with Crippen LogP contribution in [-0.4, -0.2) is 30.4 Å². The van der Waals surface area contributed by atoms with Crippen molar-refractivity contribution < 1.29 is 4.79 Å². The maximum atomic E-state index is 12.0. The molecule has 3 nitrogen and oxygen atoms in total. The number of carbonyl (C=O) groups is 1. The first-order valence-electron chi connectivity index (χ1n) is 6.76. The van der Waals surface area contributed by atoms with Crippen LogP contribution in [-0.2, 0) is 4.79 Å². The number of amides is 1. The van der Waals surface area contributed by atoms with Crippen LogP contribution in [0.1, 0.15) is 44.9 Å². The zero-order chi connectivity index (χ0) is 12.7. The number of carbonyl (C=O) groups excluding carboxylic acids is 1. The summed E-state index contributed by atoms with van der Waals surface area (Å²) in [6.07, 6.45) is 9.97. The smallest absolute Gasteiger partial charge is 0.239 e. The summed E-state index contributed by atoms with van der Waals surface area (Å²) >= 11 is 0. The molecule has 1 unspecified atom stereocenters. The summed E-state index contributed by atoms with van der Waals surface area (Å²) in [5.74, 6) is 0.743. The van der Waals surface area contributed by atoms with Gasteiger partial charge < -0.3 is 10.6 Å². The molecule has 0 aliphatic heterocycles. The summed E-state index contributed by atoms with van der Waals surface area (Å²) in [5, 5.41) is 0. The molecule has 1 aliphatic carbocycles. The minimum absolute atomic E-state index is 0.0809. The number of nitrogens with zero attached hydrogens (tertiary/aromatic N) is 1. The fraction of sp³-hybridized carbons (Fsp3) is 0.786. The van der Waals surface area contributed by atoms with Gasteiger partial charge in [-0.15, -0.1) is 6.58 Å². The van der Waals surface area contributed by atoms with Crippen LogP contribution in [0.2, 0.25) is 0 Å². The van der Waals surface area contributed by atoms with Crippen LogP contribution in [0.25, 0.3) is 0 Å². The van der Waals surface area contributed by atoms with Crippen molar-refractivity contribution >= 4 is 5.91 Å². The fourth-order valence-corrected chi connectivity index (χ4v) is 2.56. The van der Waals surface area contributed by atoms with Gasteiger partial charge in [0.25, 0.3) is 0 Å². The van der Waals surface area contributed by atoms with Crippen LogP contribution >= 0.6 is 0 Å². The maximum Gasteiger partial charge on any atom is 0.239 e. The third-order valence-electron chi connectivity index (χ3n) is 3.67. The molecule has 0 aromatic heterocycles. The highest BCUT2D eigenvalue weighted by atomic mass is 16.2. The minimum atomic E-state index is -0.312. The Morgan fingerprint density at radius 1 is 1.47 bits per heavy atom. The molecular formula is C14H26N2O. The van der Waals surface area contributed by atoms with E-state index in [-0.39, 0.29) is 11.9 Å². The van der Waals surface area contributed by atoms with Gasteiger partial charge in [-0.1, -0.05) is 38.2 Å². The lowest BCUT2D eigenvalue weighted by molar-refractivity contribution is -0.131. The third-order valence-corrected chi connectivity index (χ3v) is 3.67. The molecule has 1 saturated carbocycles. The molecule has 17 heavy (non-hydrogen) atoms. The fourth-order valence-electron chi connectivity index (χ4n) is 2.56. The molecule has 1 fully saturated rings. The van der Waals surface area contributed by atoms with Gasteiger partial charge in [-0.3, -0.25) is 4.79 Å². The van der Waals surface area contributed by atoms with Crippen LogP contribution in [0.5, 0.6) is 0 Å². The first-order chi connectivity index (χ1) is 8.15. The second kappa shape index (κ2) is 7.49. The number of hydrogen-bond donors (Lipinski definition) is 1. The van der Waals surface area contributed by atoms with Gasteiger partial charge in [0.05, 0.1) is 6.04 Å². The molecule has 3 heteroatoms.